The van der Waals surface area contributed by atoms with Gasteiger partial charge in [0.25, 0.3) is 0 Å². The lowest BCUT2D eigenvalue weighted by Gasteiger charge is -2.60. The number of Topliss-reactive ketones (excluding diaryl/α,β-unsaturated/α-hetero) is 1. The van der Waals surface area contributed by atoms with Crippen LogP contribution in [0.1, 0.15) is 92.4 Å². The molecule has 1 aromatic rings. The number of esters is 3. The van der Waals surface area contributed by atoms with Crippen molar-refractivity contribution in [2.24, 2.45) is 11.3 Å². The van der Waals surface area contributed by atoms with Gasteiger partial charge in [0.1, 0.15) is 29.5 Å². The number of hydrogen-bond donors (Lipinski definition) is 5. The number of amides is 1. The number of carbonyl (C=O) groups is 5. The molecule has 0 spiro atoms. The summed E-state index contributed by atoms with van der Waals surface area (Å²) >= 11 is 6.21. The van der Waals surface area contributed by atoms with Crippen LogP contribution in [0.25, 0.3) is 0 Å². The lowest BCUT2D eigenvalue weighted by Crippen LogP contribution is -2.73. The van der Waals surface area contributed by atoms with E-state index in [-0.39, 0.29) is 40.3 Å². The summed E-state index contributed by atoms with van der Waals surface area (Å²) in [6.45, 7) is 14.5. The van der Waals surface area contributed by atoms with Gasteiger partial charge in [0.2, 0.25) is 5.78 Å². The van der Waals surface area contributed by atoms with Crippen LogP contribution in [-0.2, 0) is 38.1 Å². The van der Waals surface area contributed by atoms with Crippen LogP contribution in [0.2, 0.25) is 5.02 Å². The second-order valence-corrected chi connectivity index (χ2v) is 17.1. The summed E-state index contributed by atoms with van der Waals surface area (Å²) in [5.74, 6) is -6.31. The summed E-state index contributed by atoms with van der Waals surface area (Å²) in [5.41, 5.74) is -6.35. The zero-order valence-electron chi connectivity index (χ0n) is 33.9. The zero-order chi connectivity index (χ0) is 43.0. The Labute approximate surface area is 337 Å². The third kappa shape index (κ3) is 9.07. The highest BCUT2D eigenvalue weighted by Gasteiger charge is 2.69. The number of allylic oxidation sites excluding steroid dienone is 2. The molecule has 15 nitrogen and oxygen atoms in total. The first-order chi connectivity index (χ1) is 26.3. The molecule has 314 valence electrons. The maximum atomic E-state index is 14.5. The molecule has 1 fully saturated rings. The van der Waals surface area contributed by atoms with Crippen molar-refractivity contribution in [2.75, 3.05) is 13.2 Å². The number of ether oxygens (including phenoxy) is 5. The van der Waals surface area contributed by atoms with E-state index in [0.29, 0.717) is 5.57 Å². The van der Waals surface area contributed by atoms with Crippen molar-refractivity contribution >= 4 is 41.4 Å². The summed E-state index contributed by atoms with van der Waals surface area (Å²) in [6, 6.07) is 4.46. The van der Waals surface area contributed by atoms with Crippen LogP contribution >= 0.6 is 11.6 Å². The van der Waals surface area contributed by atoms with E-state index in [0.717, 1.165) is 6.92 Å². The van der Waals surface area contributed by atoms with Crippen molar-refractivity contribution in [3.63, 3.8) is 0 Å². The molecule has 1 heterocycles. The quantitative estimate of drug-likeness (QED) is 0.117. The second kappa shape index (κ2) is 16.9. The third-order valence-corrected chi connectivity index (χ3v) is 11.0. The minimum Gasteiger partial charge on any atom is -0.504 e. The minimum atomic E-state index is -2.38. The van der Waals surface area contributed by atoms with Gasteiger partial charge in [0.05, 0.1) is 24.1 Å². The van der Waals surface area contributed by atoms with Crippen LogP contribution in [-0.4, -0.2) is 111 Å². The predicted molar refractivity (Wildman–Crippen MR) is 205 cm³/mol. The number of carbonyl (C=O) groups excluding carboxylic acids is 5. The first kappa shape index (κ1) is 45.4. The third-order valence-electron chi connectivity index (χ3n) is 10.8. The Kier molecular flexibility index (Phi) is 13.5. The Morgan fingerprint density at radius 1 is 1.09 bits per heavy atom. The van der Waals surface area contributed by atoms with Gasteiger partial charge in [0.15, 0.2) is 17.5 Å². The molecular formula is C41H54ClNO14. The molecule has 0 saturated carbocycles. The number of nitrogens with one attached hydrogen (secondary N) is 1. The number of ketones is 1. The fourth-order valence-corrected chi connectivity index (χ4v) is 8.25. The van der Waals surface area contributed by atoms with Crippen molar-refractivity contribution in [2.45, 2.75) is 129 Å². The minimum absolute atomic E-state index is 0.0263. The van der Waals surface area contributed by atoms with E-state index in [1.807, 2.05) is 0 Å². The van der Waals surface area contributed by atoms with Gasteiger partial charge in [-0.1, -0.05) is 43.2 Å². The first-order valence-electron chi connectivity index (χ1n) is 18.6. The maximum Gasteiger partial charge on any atom is 0.408 e. The molecule has 1 aromatic carbocycles. The molecule has 4 rings (SSSR count). The van der Waals surface area contributed by atoms with Crippen LogP contribution < -0.4 is 5.32 Å². The number of fused-ring (bicyclic) bond motifs is 2. The number of hydrogen-bond acceptors (Lipinski definition) is 14. The topological polar surface area (TPSA) is 224 Å². The summed E-state index contributed by atoms with van der Waals surface area (Å²) < 4.78 is 29.2. The molecule has 8 atom stereocenters. The molecule has 3 aliphatic rings. The Hall–Kier alpha value is -4.28. The normalized spacial score (nSPS) is 28.1. The van der Waals surface area contributed by atoms with Crippen LogP contribution in [0, 0.1) is 11.3 Å². The number of benzene rings is 1. The highest BCUT2D eigenvalue weighted by Crippen LogP contribution is 2.58. The molecule has 57 heavy (non-hydrogen) atoms. The van der Waals surface area contributed by atoms with Gasteiger partial charge in [-0.05, 0) is 77.8 Å². The van der Waals surface area contributed by atoms with Crippen molar-refractivity contribution in [3.8, 4) is 0 Å². The monoisotopic (exact) mass is 819 g/mol. The van der Waals surface area contributed by atoms with Gasteiger partial charge in [-0.2, -0.15) is 0 Å². The second-order valence-electron chi connectivity index (χ2n) is 16.6. The van der Waals surface area contributed by atoms with E-state index in [1.54, 1.807) is 34.6 Å². The van der Waals surface area contributed by atoms with E-state index in [4.69, 9.17) is 35.3 Å². The van der Waals surface area contributed by atoms with Crippen molar-refractivity contribution in [3.05, 3.63) is 69.0 Å². The van der Waals surface area contributed by atoms with Crippen LogP contribution in [0.3, 0.4) is 0 Å². The Balaban J connectivity index is 1.93. The molecule has 0 aromatic heterocycles. The standard InChI is InChI=1S/C41H54ClNO14/c1-20(2)16-26(43-37(51)57-38(6,7)8)32(47)36(50)54-27-18-41(52)34(55-35(49)24-12-11-13-25(42)17-24)30(40(56-23(5)45)19-53-28(40)14-15-44)22(4)31(46)33(48)29(21(27)3)39(41,9)10/h11-13,16-17,26-28,30,32,34,44,46-47,52H,14-15,18-19H2,1-10H3,(H,43,51)/t26-,27-,28+,30+,32+,34-,40-,41+/m0/s1. The van der Waals surface area contributed by atoms with E-state index in [9.17, 15) is 44.4 Å². The van der Waals surface area contributed by atoms with Crippen LogP contribution in [0.4, 0.5) is 4.79 Å². The Morgan fingerprint density at radius 3 is 2.26 bits per heavy atom. The largest absolute Gasteiger partial charge is 0.504 e. The van der Waals surface area contributed by atoms with E-state index >= 15 is 0 Å². The highest BCUT2D eigenvalue weighted by atomic mass is 35.5. The molecule has 0 radical (unpaired) electrons. The number of rotatable bonds is 11. The molecule has 1 amide bonds. The van der Waals surface area contributed by atoms with Gasteiger partial charge < -0.3 is 49.4 Å². The van der Waals surface area contributed by atoms with Crippen molar-refractivity contribution in [1.29, 1.82) is 0 Å². The van der Waals surface area contributed by atoms with E-state index in [2.05, 4.69) is 5.32 Å². The van der Waals surface area contributed by atoms with Gasteiger partial charge >= 0.3 is 24.0 Å². The molecule has 2 aliphatic carbocycles. The van der Waals surface area contributed by atoms with Crippen molar-refractivity contribution in [1.82, 2.24) is 5.32 Å². The molecule has 1 saturated heterocycles. The smallest absolute Gasteiger partial charge is 0.408 e. The lowest BCUT2D eigenvalue weighted by atomic mass is 9.53. The Bertz CT molecular complexity index is 1870. The summed E-state index contributed by atoms with van der Waals surface area (Å²) in [7, 11) is 0. The van der Waals surface area contributed by atoms with E-state index < -0.39 is 107 Å². The average molecular weight is 820 g/mol. The Morgan fingerprint density at radius 2 is 1.74 bits per heavy atom. The fourth-order valence-electron chi connectivity index (χ4n) is 8.06. The van der Waals surface area contributed by atoms with Gasteiger partial charge in [-0.25, -0.2) is 14.4 Å². The molecule has 5 N–H and O–H groups in total. The number of aliphatic hydroxyl groups excluding tert-OH is 3. The SMILES string of the molecule is CC(=O)O[C@@]1([C@@H]2C(C)=C(O)C(=O)C3=C(C)[C@@H](OC(=O)[C@H](O)[C@H](C=C(C)C)NC(=O)OC(C)(C)C)C[C@@](O)([C@H]2OC(=O)c2cccc(Cl)c2)C3(C)C)CO[C@@H]1CCO. The first-order valence-corrected chi connectivity index (χ1v) is 19.0. The highest BCUT2D eigenvalue weighted by molar-refractivity contribution is 6.30. The molecular weight excluding hydrogens is 766 g/mol. The molecule has 16 heteroatoms. The summed E-state index contributed by atoms with van der Waals surface area (Å²) in [4.78, 5) is 67.9. The maximum absolute atomic E-state index is 14.5. The molecule has 2 bridgehead atoms. The van der Waals surface area contributed by atoms with Crippen LogP contribution in [0.15, 0.2) is 58.4 Å². The summed E-state index contributed by atoms with van der Waals surface area (Å²) in [5, 5.41) is 49.1. The zero-order valence-corrected chi connectivity index (χ0v) is 34.7. The van der Waals surface area contributed by atoms with Gasteiger partial charge in [0, 0.05) is 42.4 Å². The predicted octanol–water partition coefficient (Wildman–Crippen LogP) is 4.59. The fraction of sp³-hybridized carbons (Fsp3) is 0.585. The van der Waals surface area contributed by atoms with E-state index in [1.165, 1.54) is 58.0 Å². The average Bonchev–Trinajstić information content (AvgIpc) is 3.08. The number of alkyl carbamates (subject to hydrolysis) is 1. The van der Waals surface area contributed by atoms with Gasteiger partial charge in [-0.15, -0.1) is 0 Å². The molecule has 0 unspecified atom stereocenters. The van der Waals surface area contributed by atoms with Gasteiger partial charge in [-0.3, -0.25) is 9.59 Å². The number of halogens is 1. The summed E-state index contributed by atoms with van der Waals surface area (Å²) in [6.07, 6.45) is -6.50. The van der Waals surface area contributed by atoms with Crippen molar-refractivity contribution < 1.29 is 68.1 Å². The lowest BCUT2D eigenvalue weighted by molar-refractivity contribution is -0.295. The van der Waals surface area contributed by atoms with Crippen LogP contribution in [0.5, 0.6) is 0 Å². The number of aliphatic hydroxyl groups is 4. The molecule has 1 aliphatic heterocycles.